The summed E-state index contributed by atoms with van der Waals surface area (Å²) in [6.07, 6.45) is 6.43. The second-order valence-electron chi connectivity index (χ2n) is 7.57. The summed E-state index contributed by atoms with van der Waals surface area (Å²) in [5, 5.41) is -0.117. The Morgan fingerprint density at radius 1 is 1.37 bits per heavy atom. The SMILES string of the molecule is CCC(n1cc(-c2ccnc3[nH]ccc23)nc(N2CCOC[C@H]2C)c1=O)S(C)(=O)=O. The fourth-order valence-electron chi connectivity index (χ4n) is 3.96. The molecule has 0 saturated carbocycles. The highest BCUT2D eigenvalue weighted by molar-refractivity contribution is 7.90. The highest BCUT2D eigenvalue weighted by atomic mass is 32.2. The third kappa shape index (κ3) is 3.61. The minimum absolute atomic E-state index is 0.0503. The summed E-state index contributed by atoms with van der Waals surface area (Å²) >= 11 is 0. The number of rotatable bonds is 5. The van der Waals surface area contributed by atoms with Gasteiger partial charge in [-0.25, -0.2) is 18.4 Å². The minimum Gasteiger partial charge on any atom is -0.377 e. The van der Waals surface area contributed by atoms with Gasteiger partial charge in [0.15, 0.2) is 15.7 Å². The van der Waals surface area contributed by atoms with Crippen molar-refractivity contribution in [1.82, 2.24) is 19.5 Å². The average molecular weight is 432 g/mol. The first-order valence-corrected chi connectivity index (χ1v) is 11.9. The van der Waals surface area contributed by atoms with Crippen LogP contribution in [0.1, 0.15) is 25.6 Å². The van der Waals surface area contributed by atoms with Crippen molar-refractivity contribution >= 4 is 26.7 Å². The number of sulfone groups is 1. The van der Waals surface area contributed by atoms with Crippen LogP contribution in [-0.2, 0) is 14.6 Å². The lowest BCUT2D eigenvalue weighted by atomic mass is 10.1. The van der Waals surface area contributed by atoms with Crippen LogP contribution < -0.4 is 10.5 Å². The van der Waals surface area contributed by atoms with E-state index in [4.69, 9.17) is 9.72 Å². The third-order valence-corrected chi connectivity index (χ3v) is 6.99. The van der Waals surface area contributed by atoms with E-state index >= 15 is 0 Å². The Balaban J connectivity index is 1.99. The van der Waals surface area contributed by atoms with Gasteiger partial charge >= 0.3 is 0 Å². The number of H-pyrrole nitrogens is 1. The molecular formula is C20H25N5O4S. The molecule has 0 radical (unpaired) electrons. The molecule has 3 aromatic rings. The first-order chi connectivity index (χ1) is 14.3. The van der Waals surface area contributed by atoms with Gasteiger partial charge in [0.2, 0.25) is 0 Å². The minimum atomic E-state index is -3.51. The maximum Gasteiger partial charge on any atom is 0.294 e. The number of morpholine rings is 1. The largest absolute Gasteiger partial charge is 0.377 e. The molecule has 0 amide bonds. The van der Waals surface area contributed by atoms with Gasteiger partial charge in [0.25, 0.3) is 5.56 Å². The number of hydrogen-bond donors (Lipinski definition) is 1. The zero-order valence-electron chi connectivity index (χ0n) is 17.2. The Bertz CT molecular complexity index is 1230. The quantitative estimate of drug-likeness (QED) is 0.657. The van der Waals surface area contributed by atoms with E-state index in [1.54, 1.807) is 25.5 Å². The molecule has 1 fully saturated rings. The second kappa shape index (κ2) is 7.84. The molecule has 4 heterocycles. The Hall–Kier alpha value is -2.72. The third-order valence-electron chi connectivity index (χ3n) is 5.44. The van der Waals surface area contributed by atoms with Gasteiger partial charge in [-0.3, -0.25) is 9.36 Å². The monoisotopic (exact) mass is 431 g/mol. The molecule has 0 aromatic carbocycles. The molecule has 1 aliphatic heterocycles. The van der Waals surface area contributed by atoms with Crippen LogP contribution in [0, 0.1) is 0 Å². The first-order valence-electron chi connectivity index (χ1n) is 9.90. The van der Waals surface area contributed by atoms with Crippen molar-refractivity contribution in [2.24, 2.45) is 0 Å². The molecule has 1 N–H and O–H groups in total. The Morgan fingerprint density at radius 2 is 2.17 bits per heavy atom. The predicted octanol–water partition coefficient (Wildman–Crippen LogP) is 1.96. The smallest absolute Gasteiger partial charge is 0.294 e. The van der Waals surface area contributed by atoms with Crippen molar-refractivity contribution < 1.29 is 13.2 Å². The average Bonchev–Trinajstić information content (AvgIpc) is 3.18. The van der Waals surface area contributed by atoms with Gasteiger partial charge in [0.1, 0.15) is 11.0 Å². The first kappa shape index (κ1) is 20.5. The fraction of sp³-hybridized carbons (Fsp3) is 0.450. The van der Waals surface area contributed by atoms with Crippen molar-refractivity contribution in [2.45, 2.75) is 31.7 Å². The van der Waals surface area contributed by atoms with Crippen molar-refractivity contribution in [2.75, 3.05) is 30.9 Å². The maximum atomic E-state index is 13.4. The van der Waals surface area contributed by atoms with E-state index in [-0.39, 0.29) is 18.3 Å². The molecule has 9 nitrogen and oxygen atoms in total. The zero-order chi connectivity index (χ0) is 21.5. The lowest BCUT2D eigenvalue weighted by Crippen LogP contribution is -2.47. The molecule has 0 aliphatic carbocycles. The number of nitrogens with one attached hydrogen (secondary N) is 1. The molecular weight excluding hydrogens is 406 g/mol. The number of hydrogen-bond acceptors (Lipinski definition) is 7. The van der Waals surface area contributed by atoms with Crippen LogP contribution in [0.25, 0.3) is 22.3 Å². The van der Waals surface area contributed by atoms with E-state index in [2.05, 4.69) is 9.97 Å². The highest BCUT2D eigenvalue weighted by Gasteiger charge is 2.29. The molecule has 0 bridgehead atoms. The molecule has 0 spiro atoms. The van der Waals surface area contributed by atoms with Crippen molar-refractivity contribution in [3.05, 3.63) is 41.1 Å². The van der Waals surface area contributed by atoms with Crippen LogP contribution in [0.2, 0.25) is 0 Å². The molecule has 1 saturated heterocycles. The maximum absolute atomic E-state index is 13.4. The molecule has 1 aliphatic rings. The van der Waals surface area contributed by atoms with E-state index in [0.29, 0.717) is 31.1 Å². The standard InChI is InChI=1S/C20H25N5O4S/c1-4-17(30(3,27)28)25-11-16(14-5-7-21-18-15(14)6-8-22-18)23-19(20(25)26)24-9-10-29-12-13(24)2/h5-8,11,13,17H,4,9-10,12H2,1-3H3,(H,21,22)/t13-,17?/m1/s1. The van der Waals surface area contributed by atoms with E-state index in [1.165, 1.54) is 4.57 Å². The molecule has 10 heteroatoms. The van der Waals surface area contributed by atoms with Gasteiger partial charge < -0.3 is 14.6 Å². The van der Waals surface area contributed by atoms with E-state index in [0.717, 1.165) is 17.2 Å². The highest BCUT2D eigenvalue weighted by Crippen LogP contribution is 2.28. The number of anilines is 1. The van der Waals surface area contributed by atoms with Gasteiger partial charge in [-0.2, -0.15) is 0 Å². The number of aromatic nitrogens is 4. The Kier molecular flexibility index (Phi) is 5.37. The fourth-order valence-corrected chi connectivity index (χ4v) is 5.13. The van der Waals surface area contributed by atoms with Crippen LogP contribution in [-0.4, -0.2) is 60.0 Å². The number of nitrogens with zero attached hydrogens (tertiary/aromatic N) is 4. The summed E-state index contributed by atoms with van der Waals surface area (Å²) < 4.78 is 31.7. The van der Waals surface area contributed by atoms with Gasteiger partial charge in [0.05, 0.1) is 24.9 Å². The van der Waals surface area contributed by atoms with Crippen LogP contribution in [0.15, 0.2) is 35.5 Å². The number of pyridine rings is 1. The van der Waals surface area contributed by atoms with Crippen molar-refractivity contribution in [1.29, 1.82) is 0 Å². The Labute approximate surface area is 174 Å². The van der Waals surface area contributed by atoms with E-state index in [9.17, 15) is 13.2 Å². The second-order valence-corrected chi connectivity index (χ2v) is 9.77. The van der Waals surface area contributed by atoms with Crippen LogP contribution >= 0.6 is 0 Å². The molecule has 1 unspecified atom stereocenters. The number of ether oxygens (including phenoxy) is 1. The van der Waals surface area contributed by atoms with Gasteiger partial charge in [-0.15, -0.1) is 0 Å². The lowest BCUT2D eigenvalue weighted by Gasteiger charge is -2.34. The number of fused-ring (bicyclic) bond motifs is 1. The summed E-state index contributed by atoms with van der Waals surface area (Å²) in [5.41, 5.74) is 1.59. The van der Waals surface area contributed by atoms with Crippen LogP contribution in [0.4, 0.5) is 5.82 Å². The summed E-state index contributed by atoms with van der Waals surface area (Å²) in [5.74, 6) is 0.242. The zero-order valence-corrected chi connectivity index (χ0v) is 18.0. The molecule has 2 atom stereocenters. The van der Waals surface area contributed by atoms with E-state index < -0.39 is 20.8 Å². The predicted molar refractivity (Wildman–Crippen MR) is 115 cm³/mol. The summed E-state index contributed by atoms with van der Waals surface area (Å²) in [6.45, 7) is 5.19. The van der Waals surface area contributed by atoms with Crippen molar-refractivity contribution in [3.8, 4) is 11.3 Å². The number of aromatic amines is 1. The normalized spacial score (nSPS) is 18.6. The van der Waals surface area contributed by atoms with E-state index in [1.807, 2.05) is 24.0 Å². The lowest BCUT2D eigenvalue weighted by molar-refractivity contribution is 0.0983. The van der Waals surface area contributed by atoms with Gasteiger partial charge in [0, 0.05) is 42.3 Å². The summed E-state index contributed by atoms with van der Waals surface area (Å²) in [6, 6.07) is 3.66. The van der Waals surface area contributed by atoms with Gasteiger partial charge in [-0.05, 0) is 25.5 Å². The van der Waals surface area contributed by atoms with Crippen molar-refractivity contribution in [3.63, 3.8) is 0 Å². The van der Waals surface area contributed by atoms with Gasteiger partial charge in [-0.1, -0.05) is 6.92 Å². The Morgan fingerprint density at radius 3 is 2.87 bits per heavy atom. The van der Waals surface area contributed by atoms with Crippen LogP contribution in [0.3, 0.4) is 0 Å². The van der Waals surface area contributed by atoms with Crippen LogP contribution in [0.5, 0.6) is 0 Å². The molecule has 30 heavy (non-hydrogen) atoms. The molecule has 160 valence electrons. The molecule has 3 aromatic heterocycles. The topological polar surface area (TPSA) is 110 Å². The molecule has 4 rings (SSSR count). The summed E-state index contributed by atoms with van der Waals surface area (Å²) in [7, 11) is -3.51. The summed E-state index contributed by atoms with van der Waals surface area (Å²) in [4.78, 5) is 27.4.